The number of nitrogen functional groups attached to an aromatic ring is 1. The van der Waals surface area contributed by atoms with Gasteiger partial charge in [-0.1, -0.05) is 0 Å². The van der Waals surface area contributed by atoms with Crippen LogP contribution in [0.15, 0.2) is 12.3 Å². The van der Waals surface area contributed by atoms with E-state index in [2.05, 4.69) is 42.9 Å². The second kappa shape index (κ2) is 7.09. The van der Waals surface area contributed by atoms with E-state index in [1.54, 1.807) is 6.07 Å². The molecule has 0 bridgehead atoms. The molecule has 0 saturated heterocycles. The fourth-order valence-electron chi connectivity index (χ4n) is 2.20. The van der Waals surface area contributed by atoms with Crippen LogP contribution in [0.4, 0.5) is 11.5 Å². The van der Waals surface area contributed by atoms with Crippen LogP contribution in [-0.4, -0.2) is 41.0 Å². The van der Waals surface area contributed by atoms with Gasteiger partial charge in [-0.15, -0.1) is 0 Å². The molecule has 6 nitrogen and oxygen atoms in total. The Kier molecular flexibility index (Phi) is 5.76. The molecule has 1 amide bonds. The molecular weight excluding hydrogens is 254 g/mol. The third-order valence-corrected chi connectivity index (χ3v) is 3.20. The highest BCUT2D eigenvalue weighted by molar-refractivity contribution is 5.98. The van der Waals surface area contributed by atoms with Crippen molar-refractivity contribution < 1.29 is 4.79 Å². The number of nitrogens with zero attached hydrogens (tertiary/aromatic N) is 2. The molecule has 6 heteroatoms. The third-order valence-electron chi connectivity index (χ3n) is 3.20. The molecule has 0 atom stereocenters. The van der Waals surface area contributed by atoms with Crippen molar-refractivity contribution in [2.24, 2.45) is 5.73 Å². The second-order valence-corrected chi connectivity index (χ2v) is 5.37. The minimum atomic E-state index is -0.543. The van der Waals surface area contributed by atoms with Crippen molar-refractivity contribution in [3.8, 4) is 0 Å². The van der Waals surface area contributed by atoms with Gasteiger partial charge in [-0.05, 0) is 33.8 Å². The molecule has 0 aliphatic rings. The van der Waals surface area contributed by atoms with Crippen molar-refractivity contribution in [3.05, 3.63) is 17.8 Å². The number of rotatable bonds is 7. The van der Waals surface area contributed by atoms with E-state index in [4.69, 9.17) is 11.5 Å². The van der Waals surface area contributed by atoms with E-state index >= 15 is 0 Å². The molecule has 112 valence electrons. The topological polar surface area (TPSA) is 97.3 Å². The van der Waals surface area contributed by atoms with Gasteiger partial charge < -0.3 is 16.8 Å². The number of pyridine rings is 1. The Morgan fingerprint density at radius 2 is 1.95 bits per heavy atom. The Labute approximate surface area is 120 Å². The molecule has 5 N–H and O–H groups in total. The van der Waals surface area contributed by atoms with Crippen molar-refractivity contribution in [3.63, 3.8) is 0 Å². The van der Waals surface area contributed by atoms with Crippen LogP contribution in [0.2, 0.25) is 0 Å². The summed E-state index contributed by atoms with van der Waals surface area (Å²) in [5, 5.41) is 3.19. The van der Waals surface area contributed by atoms with Crippen LogP contribution >= 0.6 is 0 Å². The number of amides is 1. The fourth-order valence-corrected chi connectivity index (χ4v) is 2.20. The van der Waals surface area contributed by atoms with E-state index < -0.39 is 5.91 Å². The number of hydrogen-bond acceptors (Lipinski definition) is 5. The van der Waals surface area contributed by atoms with Crippen LogP contribution in [0.1, 0.15) is 38.1 Å². The molecule has 1 rings (SSSR count). The summed E-state index contributed by atoms with van der Waals surface area (Å²) in [6.07, 6.45) is 1.45. The molecule has 0 aliphatic heterocycles. The van der Waals surface area contributed by atoms with Gasteiger partial charge >= 0.3 is 0 Å². The lowest BCUT2D eigenvalue weighted by Gasteiger charge is -2.30. The van der Waals surface area contributed by atoms with E-state index in [0.717, 1.165) is 13.1 Å². The fraction of sp³-hybridized carbons (Fsp3) is 0.571. The molecule has 0 spiro atoms. The first-order valence-electron chi connectivity index (χ1n) is 6.87. The van der Waals surface area contributed by atoms with E-state index in [-0.39, 0.29) is 0 Å². The maximum atomic E-state index is 11.2. The molecule has 1 aromatic rings. The SMILES string of the molecule is CC(C)N(CCNc1cc(C(N)=O)c(N)cn1)C(C)C. The Hall–Kier alpha value is -1.82. The minimum Gasteiger partial charge on any atom is -0.397 e. The average molecular weight is 279 g/mol. The van der Waals surface area contributed by atoms with Gasteiger partial charge in [0.2, 0.25) is 0 Å². The summed E-state index contributed by atoms with van der Waals surface area (Å²) in [6, 6.07) is 2.56. The summed E-state index contributed by atoms with van der Waals surface area (Å²) in [5.74, 6) is 0.0689. The Morgan fingerprint density at radius 3 is 2.45 bits per heavy atom. The minimum absolute atomic E-state index is 0.298. The molecule has 0 radical (unpaired) electrons. The van der Waals surface area contributed by atoms with E-state index in [1.165, 1.54) is 6.20 Å². The Morgan fingerprint density at radius 1 is 1.35 bits per heavy atom. The van der Waals surface area contributed by atoms with Gasteiger partial charge in [0, 0.05) is 25.2 Å². The molecule has 0 fully saturated rings. The summed E-state index contributed by atoms with van der Waals surface area (Å²) in [7, 11) is 0. The predicted octanol–water partition coefficient (Wildman–Crippen LogP) is 1.29. The normalized spacial score (nSPS) is 11.3. The molecular formula is C14H25N5O. The largest absolute Gasteiger partial charge is 0.397 e. The van der Waals surface area contributed by atoms with Gasteiger partial charge in [-0.2, -0.15) is 0 Å². The molecule has 0 unspecified atom stereocenters. The number of nitrogens with two attached hydrogens (primary N) is 2. The number of aromatic nitrogens is 1. The number of carbonyl (C=O) groups is 1. The monoisotopic (exact) mass is 279 g/mol. The number of anilines is 2. The number of nitrogens with one attached hydrogen (secondary N) is 1. The zero-order valence-electron chi connectivity index (χ0n) is 12.7. The van der Waals surface area contributed by atoms with Gasteiger partial charge in [-0.25, -0.2) is 4.98 Å². The lowest BCUT2D eigenvalue weighted by molar-refractivity contribution is 0.100. The molecule has 0 aromatic carbocycles. The lowest BCUT2D eigenvalue weighted by atomic mass is 10.2. The van der Waals surface area contributed by atoms with Crippen LogP contribution in [0.3, 0.4) is 0 Å². The van der Waals surface area contributed by atoms with Gasteiger partial charge in [-0.3, -0.25) is 9.69 Å². The van der Waals surface area contributed by atoms with Crippen LogP contribution in [0.25, 0.3) is 0 Å². The summed E-state index contributed by atoms with van der Waals surface area (Å²) in [5.41, 5.74) is 11.5. The molecule has 0 aliphatic carbocycles. The van der Waals surface area contributed by atoms with E-state index in [1.807, 2.05) is 0 Å². The van der Waals surface area contributed by atoms with Gasteiger partial charge in [0.15, 0.2) is 0 Å². The number of primary amides is 1. The summed E-state index contributed by atoms with van der Waals surface area (Å²) < 4.78 is 0. The zero-order chi connectivity index (χ0) is 15.3. The van der Waals surface area contributed by atoms with Crippen LogP contribution in [-0.2, 0) is 0 Å². The standard InChI is InChI=1S/C14H25N5O/c1-9(2)19(10(3)4)6-5-17-13-7-11(14(16)20)12(15)8-18-13/h7-10H,5-6,15H2,1-4H3,(H2,16,20)(H,17,18). The van der Waals surface area contributed by atoms with Crippen molar-refractivity contribution >= 4 is 17.4 Å². The zero-order valence-corrected chi connectivity index (χ0v) is 12.7. The number of carbonyl (C=O) groups excluding carboxylic acids is 1. The van der Waals surface area contributed by atoms with E-state index in [9.17, 15) is 4.79 Å². The summed E-state index contributed by atoms with van der Waals surface area (Å²) in [4.78, 5) is 17.7. The first-order chi connectivity index (χ1) is 9.32. The smallest absolute Gasteiger partial charge is 0.250 e. The maximum Gasteiger partial charge on any atom is 0.250 e. The molecule has 1 heterocycles. The molecule has 0 saturated carbocycles. The van der Waals surface area contributed by atoms with Crippen LogP contribution < -0.4 is 16.8 Å². The highest BCUT2D eigenvalue weighted by atomic mass is 16.1. The van der Waals surface area contributed by atoms with E-state index in [0.29, 0.717) is 29.2 Å². The maximum absolute atomic E-state index is 11.2. The highest BCUT2D eigenvalue weighted by Crippen LogP contribution is 2.14. The van der Waals surface area contributed by atoms with Crippen molar-refractivity contribution in [2.75, 3.05) is 24.1 Å². The first-order valence-corrected chi connectivity index (χ1v) is 6.87. The van der Waals surface area contributed by atoms with Crippen molar-refractivity contribution in [1.29, 1.82) is 0 Å². The van der Waals surface area contributed by atoms with Gasteiger partial charge in [0.1, 0.15) is 5.82 Å². The van der Waals surface area contributed by atoms with Gasteiger partial charge in [0.25, 0.3) is 5.91 Å². The third kappa shape index (κ3) is 4.38. The second-order valence-electron chi connectivity index (χ2n) is 5.37. The quantitative estimate of drug-likeness (QED) is 0.699. The lowest BCUT2D eigenvalue weighted by Crippen LogP contribution is -2.40. The molecule has 20 heavy (non-hydrogen) atoms. The Bertz CT molecular complexity index is 451. The van der Waals surface area contributed by atoms with Crippen LogP contribution in [0.5, 0.6) is 0 Å². The predicted molar refractivity (Wildman–Crippen MR) is 82.6 cm³/mol. The Balaban J connectivity index is 2.62. The van der Waals surface area contributed by atoms with Gasteiger partial charge in [0.05, 0.1) is 17.4 Å². The molecule has 1 aromatic heterocycles. The summed E-state index contributed by atoms with van der Waals surface area (Å²) in [6.45, 7) is 10.3. The van der Waals surface area contributed by atoms with Crippen LogP contribution in [0, 0.1) is 0 Å². The van der Waals surface area contributed by atoms with Crippen molar-refractivity contribution in [1.82, 2.24) is 9.88 Å². The first kappa shape index (κ1) is 16.2. The summed E-state index contributed by atoms with van der Waals surface area (Å²) >= 11 is 0. The highest BCUT2D eigenvalue weighted by Gasteiger charge is 2.13. The van der Waals surface area contributed by atoms with Crippen molar-refractivity contribution in [2.45, 2.75) is 39.8 Å². The average Bonchev–Trinajstić information content (AvgIpc) is 2.35. The number of hydrogen-bond donors (Lipinski definition) is 3.